The summed E-state index contributed by atoms with van der Waals surface area (Å²) in [5, 5.41) is 9.11. The molecule has 1 heterocycles. The van der Waals surface area contributed by atoms with E-state index in [0.717, 1.165) is 0 Å². The van der Waals surface area contributed by atoms with Crippen LogP contribution < -0.4 is 4.74 Å². The van der Waals surface area contributed by atoms with Gasteiger partial charge in [-0.25, -0.2) is 0 Å². The first-order valence-electron chi connectivity index (χ1n) is 10.2. The number of nitrogens with zero attached hydrogens (tertiary/aromatic N) is 1. The Labute approximate surface area is 192 Å². The van der Waals surface area contributed by atoms with E-state index in [-0.39, 0.29) is 41.0 Å². The zero-order valence-electron chi connectivity index (χ0n) is 17.4. The maximum absolute atomic E-state index is 13.4. The zero-order valence-corrected chi connectivity index (χ0v) is 18.2. The van der Waals surface area contributed by atoms with Crippen LogP contribution >= 0.6 is 11.6 Å². The second-order valence-electron chi connectivity index (χ2n) is 7.70. The van der Waals surface area contributed by atoms with Gasteiger partial charge < -0.3 is 14.7 Å². The summed E-state index contributed by atoms with van der Waals surface area (Å²) in [6, 6.07) is 10.7. The van der Waals surface area contributed by atoms with Crippen molar-refractivity contribution in [3.05, 3.63) is 64.2 Å². The quantitative estimate of drug-likeness (QED) is 0.594. The molecular formula is C23H21ClF3NO5. The summed E-state index contributed by atoms with van der Waals surface area (Å²) in [5.41, 5.74) is 1.43. The molecule has 1 N–H and O–H groups in total. The van der Waals surface area contributed by atoms with E-state index < -0.39 is 31.2 Å². The number of amides is 1. The number of carbonyl (C=O) groups is 3. The minimum absolute atomic E-state index is 0.0411. The number of alkyl halides is 3. The van der Waals surface area contributed by atoms with Crippen LogP contribution in [0.15, 0.2) is 42.5 Å². The molecule has 1 aliphatic rings. The Balaban J connectivity index is 1.90. The minimum atomic E-state index is -4.51. The molecule has 3 rings (SSSR count). The van der Waals surface area contributed by atoms with E-state index in [1.807, 2.05) is 0 Å². The highest BCUT2D eigenvalue weighted by molar-refractivity contribution is 6.34. The predicted octanol–water partition coefficient (Wildman–Crippen LogP) is 4.84. The van der Waals surface area contributed by atoms with Crippen molar-refractivity contribution < 1.29 is 37.4 Å². The summed E-state index contributed by atoms with van der Waals surface area (Å²) in [6.45, 7) is -1.88. The molecule has 1 aliphatic heterocycles. The second kappa shape index (κ2) is 10.2. The second-order valence-corrected chi connectivity index (χ2v) is 8.10. The molecule has 0 saturated carbocycles. The third kappa shape index (κ3) is 6.47. The highest BCUT2D eigenvalue weighted by atomic mass is 35.5. The number of rotatable bonds is 6. The standard InChI is InChI=1S/C23H21ClF3NO5/c24-19-10-15(33-13-23(25,26)27)8-9-18(19)22(32)17-6-3-7-20(29)28(12-21(30)31)11-14-4-1-2-5-16(14)17/h1-2,4-5,8-10,17H,3,6-7,11-13H2,(H,30,31). The lowest BCUT2D eigenvalue weighted by molar-refractivity contribution is -0.153. The van der Waals surface area contributed by atoms with Crippen LogP contribution in [-0.4, -0.2) is 47.0 Å². The van der Waals surface area contributed by atoms with Crippen LogP contribution in [0.3, 0.4) is 0 Å². The Morgan fingerprint density at radius 3 is 2.58 bits per heavy atom. The van der Waals surface area contributed by atoms with Crippen molar-refractivity contribution in [2.45, 2.75) is 37.9 Å². The van der Waals surface area contributed by atoms with Gasteiger partial charge in [-0.3, -0.25) is 14.4 Å². The normalized spacial score (nSPS) is 16.9. The molecule has 0 saturated heterocycles. The van der Waals surface area contributed by atoms with E-state index >= 15 is 0 Å². The van der Waals surface area contributed by atoms with E-state index in [4.69, 9.17) is 16.7 Å². The monoisotopic (exact) mass is 483 g/mol. The molecule has 0 aliphatic carbocycles. The number of hydrogen-bond acceptors (Lipinski definition) is 4. The van der Waals surface area contributed by atoms with E-state index in [1.54, 1.807) is 24.3 Å². The van der Waals surface area contributed by atoms with Gasteiger partial charge in [-0.1, -0.05) is 35.9 Å². The molecule has 10 heteroatoms. The van der Waals surface area contributed by atoms with Crippen molar-refractivity contribution in [2.75, 3.05) is 13.2 Å². The Morgan fingerprint density at radius 1 is 1.18 bits per heavy atom. The van der Waals surface area contributed by atoms with Crippen molar-refractivity contribution in [2.24, 2.45) is 0 Å². The molecule has 0 bridgehead atoms. The third-order valence-electron chi connectivity index (χ3n) is 5.28. The summed E-state index contributed by atoms with van der Waals surface area (Å²) >= 11 is 6.22. The summed E-state index contributed by atoms with van der Waals surface area (Å²) in [4.78, 5) is 38.4. The molecule has 0 fully saturated rings. The van der Waals surface area contributed by atoms with Crippen LogP contribution in [0.2, 0.25) is 5.02 Å². The molecular weight excluding hydrogens is 463 g/mol. The Hall–Kier alpha value is -3.07. The summed E-state index contributed by atoms with van der Waals surface area (Å²) in [7, 11) is 0. The van der Waals surface area contributed by atoms with Crippen LogP contribution in [0.1, 0.15) is 46.7 Å². The summed E-state index contributed by atoms with van der Waals surface area (Å²) in [5.74, 6) is -2.55. The van der Waals surface area contributed by atoms with Crippen molar-refractivity contribution in [3.63, 3.8) is 0 Å². The van der Waals surface area contributed by atoms with Gasteiger partial charge >= 0.3 is 12.1 Å². The van der Waals surface area contributed by atoms with Gasteiger partial charge in [0.05, 0.1) is 5.02 Å². The van der Waals surface area contributed by atoms with Gasteiger partial charge in [0.25, 0.3) is 0 Å². The largest absolute Gasteiger partial charge is 0.484 e. The Bertz CT molecular complexity index is 1060. The number of ketones is 1. The molecule has 6 nitrogen and oxygen atoms in total. The molecule has 0 radical (unpaired) electrons. The first kappa shape index (κ1) is 24.6. The minimum Gasteiger partial charge on any atom is -0.484 e. The number of carboxylic acid groups (broad SMARTS) is 1. The topological polar surface area (TPSA) is 83.9 Å². The number of fused-ring (bicyclic) bond motifs is 1. The van der Waals surface area contributed by atoms with Crippen LogP contribution in [0.25, 0.3) is 0 Å². The number of carboxylic acids is 1. The van der Waals surface area contributed by atoms with Gasteiger partial charge in [0.2, 0.25) is 5.91 Å². The molecule has 1 atom stereocenters. The molecule has 1 unspecified atom stereocenters. The van der Waals surface area contributed by atoms with Gasteiger partial charge in [-0.05, 0) is 42.2 Å². The fourth-order valence-electron chi connectivity index (χ4n) is 3.80. The van der Waals surface area contributed by atoms with Crippen molar-refractivity contribution in [1.29, 1.82) is 0 Å². The fourth-order valence-corrected chi connectivity index (χ4v) is 4.06. The van der Waals surface area contributed by atoms with Crippen molar-refractivity contribution in [3.8, 4) is 5.75 Å². The number of hydrogen-bond donors (Lipinski definition) is 1. The molecule has 176 valence electrons. The van der Waals surface area contributed by atoms with Gasteiger partial charge in [0.1, 0.15) is 12.3 Å². The number of ether oxygens (including phenoxy) is 1. The first-order chi connectivity index (χ1) is 15.5. The number of carbonyl (C=O) groups excluding carboxylic acids is 2. The van der Waals surface area contributed by atoms with E-state index in [2.05, 4.69) is 4.74 Å². The Morgan fingerprint density at radius 2 is 1.91 bits per heavy atom. The molecule has 1 amide bonds. The highest BCUT2D eigenvalue weighted by Crippen LogP contribution is 2.34. The van der Waals surface area contributed by atoms with E-state index in [1.165, 1.54) is 23.1 Å². The van der Waals surface area contributed by atoms with Crippen molar-refractivity contribution >= 4 is 29.3 Å². The van der Waals surface area contributed by atoms with Crippen LogP contribution in [-0.2, 0) is 16.1 Å². The maximum atomic E-state index is 13.4. The van der Waals surface area contributed by atoms with Crippen LogP contribution in [0, 0.1) is 0 Å². The molecule has 2 aromatic carbocycles. The fraction of sp³-hybridized carbons (Fsp3) is 0.348. The lowest BCUT2D eigenvalue weighted by atomic mass is 9.84. The van der Waals surface area contributed by atoms with E-state index in [0.29, 0.717) is 24.0 Å². The number of aliphatic carboxylic acids is 1. The van der Waals surface area contributed by atoms with Crippen LogP contribution in [0.5, 0.6) is 5.75 Å². The smallest absolute Gasteiger partial charge is 0.422 e. The molecule has 2 aromatic rings. The predicted molar refractivity (Wildman–Crippen MR) is 113 cm³/mol. The van der Waals surface area contributed by atoms with Gasteiger partial charge in [0.15, 0.2) is 12.4 Å². The molecule has 0 aromatic heterocycles. The molecule has 33 heavy (non-hydrogen) atoms. The number of benzene rings is 2. The van der Waals surface area contributed by atoms with E-state index in [9.17, 15) is 27.6 Å². The first-order valence-corrected chi connectivity index (χ1v) is 10.5. The van der Waals surface area contributed by atoms with Gasteiger partial charge in [-0.2, -0.15) is 13.2 Å². The third-order valence-corrected chi connectivity index (χ3v) is 5.59. The SMILES string of the molecule is O=C(O)CN1Cc2ccccc2C(C(=O)c2ccc(OCC(F)(F)F)cc2Cl)CCCC1=O. The molecule has 0 spiro atoms. The number of halogens is 4. The maximum Gasteiger partial charge on any atom is 0.422 e. The number of Topliss-reactive ketones (excluding diaryl/α,β-unsaturated/α-hetero) is 1. The zero-order chi connectivity index (χ0) is 24.2. The lowest BCUT2D eigenvalue weighted by Crippen LogP contribution is -2.35. The van der Waals surface area contributed by atoms with Gasteiger partial charge in [0, 0.05) is 24.4 Å². The highest BCUT2D eigenvalue weighted by Gasteiger charge is 2.30. The summed E-state index contributed by atoms with van der Waals surface area (Å²) < 4.78 is 41.9. The summed E-state index contributed by atoms with van der Waals surface area (Å²) in [6.07, 6.45) is -3.74. The lowest BCUT2D eigenvalue weighted by Gasteiger charge is -2.22. The van der Waals surface area contributed by atoms with Crippen LogP contribution in [0.4, 0.5) is 13.2 Å². The van der Waals surface area contributed by atoms with Gasteiger partial charge in [-0.15, -0.1) is 0 Å². The Kier molecular flexibility index (Phi) is 7.63. The average Bonchev–Trinajstić information content (AvgIpc) is 2.80. The van der Waals surface area contributed by atoms with Crippen molar-refractivity contribution in [1.82, 2.24) is 4.90 Å². The average molecular weight is 484 g/mol.